The number of benzene rings is 1. The Bertz CT molecular complexity index is 1170. The summed E-state index contributed by atoms with van der Waals surface area (Å²) in [5.41, 5.74) is 6.63. The Hall–Kier alpha value is -3.04. The Labute approximate surface area is 180 Å². The van der Waals surface area contributed by atoms with Gasteiger partial charge in [-0.25, -0.2) is 9.89 Å². The highest BCUT2D eigenvalue weighted by atomic mass is 35.5. The summed E-state index contributed by atoms with van der Waals surface area (Å²) in [7, 11) is 0. The number of rotatable bonds is 4. The van der Waals surface area contributed by atoms with Crippen LogP contribution in [0.4, 0.5) is 10.5 Å². The number of anilines is 1. The molecule has 2 heterocycles. The van der Waals surface area contributed by atoms with Crippen LogP contribution in [0.1, 0.15) is 24.8 Å². The van der Waals surface area contributed by atoms with E-state index in [1.165, 1.54) is 12.1 Å². The number of nitrogens with zero attached hydrogens (tertiary/aromatic N) is 3. The van der Waals surface area contributed by atoms with Crippen molar-refractivity contribution in [3.63, 3.8) is 0 Å². The average molecular weight is 447 g/mol. The van der Waals surface area contributed by atoms with E-state index >= 15 is 0 Å². The van der Waals surface area contributed by atoms with Crippen molar-refractivity contribution in [1.82, 2.24) is 15.5 Å². The van der Waals surface area contributed by atoms with Crippen LogP contribution in [0.5, 0.6) is 11.6 Å². The van der Waals surface area contributed by atoms with Gasteiger partial charge < -0.3 is 15.8 Å². The first kappa shape index (κ1) is 19.0. The van der Waals surface area contributed by atoms with Gasteiger partial charge in [0.15, 0.2) is 11.6 Å². The molecule has 2 aromatic rings. The summed E-state index contributed by atoms with van der Waals surface area (Å²) in [6.07, 6.45) is 3.05. The normalized spacial score (nSPS) is 24.5. The van der Waals surface area contributed by atoms with Gasteiger partial charge in [-0.1, -0.05) is 29.8 Å². The molecule has 3 saturated carbocycles. The van der Waals surface area contributed by atoms with Crippen molar-refractivity contribution in [1.29, 1.82) is 0 Å². The molecule has 11 heteroatoms. The second-order valence-corrected chi connectivity index (χ2v) is 8.57. The van der Waals surface area contributed by atoms with Crippen LogP contribution in [0.3, 0.4) is 0 Å². The topological polar surface area (TPSA) is 126 Å². The molecule has 1 aromatic carbocycles. The summed E-state index contributed by atoms with van der Waals surface area (Å²) in [4.78, 5) is 24.4. The van der Waals surface area contributed by atoms with Crippen molar-refractivity contribution in [2.45, 2.75) is 24.7 Å². The highest BCUT2D eigenvalue weighted by Crippen LogP contribution is 2.64. The van der Waals surface area contributed by atoms with Gasteiger partial charge >= 0.3 is 6.03 Å². The summed E-state index contributed by atoms with van der Waals surface area (Å²) in [6.45, 7) is 3.59. The minimum Gasteiger partial charge on any atom is -0.434 e. The Morgan fingerprint density at radius 3 is 2.47 bits per heavy atom. The van der Waals surface area contributed by atoms with Crippen molar-refractivity contribution >= 4 is 40.8 Å². The molecular formula is C19H16Cl2N6O3. The van der Waals surface area contributed by atoms with Gasteiger partial charge in [-0.3, -0.25) is 4.79 Å². The van der Waals surface area contributed by atoms with E-state index in [1.807, 2.05) is 0 Å². The molecule has 154 valence electrons. The predicted molar refractivity (Wildman–Crippen MR) is 112 cm³/mol. The second-order valence-electron chi connectivity index (χ2n) is 7.75. The fraction of sp³-hybridized carbons (Fsp3) is 0.263. The van der Waals surface area contributed by atoms with Gasteiger partial charge in [0, 0.05) is 17.0 Å². The molecule has 3 aliphatic carbocycles. The van der Waals surface area contributed by atoms with Crippen LogP contribution < -0.4 is 26.4 Å². The molecule has 30 heavy (non-hydrogen) atoms. The third-order valence-electron chi connectivity index (χ3n) is 5.79. The molecule has 1 aliphatic heterocycles. The van der Waals surface area contributed by atoms with Gasteiger partial charge in [0.1, 0.15) is 0 Å². The van der Waals surface area contributed by atoms with Crippen molar-refractivity contribution in [2.24, 2.45) is 16.8 Å². The van der Waals surface area contributed by atoms with Gasteiger partial charge in [-0.05, 0) is 37.3 Å². The monoisotopic (exact) mass is 446 g/mol. The largest absolute Gasteiger partial charge is 0.434 e. The number of hydrogen-bond donors (Lipinski definition) is 3. The Balaban J connectivity index is 1.45. The maximum absolute atomic E-state index is 12.2. The van der Waals surface area contributed by atoms with Crippen LogP contribution in [0.25, 0.3) is 0 Å². The number of amides is 2. The third kappa shape index (κ3) is 2.85. The van der Waals surface area contributed by atoms with Gasteiger partial charge in [-0.2, -0.15) is 5.01 Å². The molecule has 0 radical (unpaired) electrons. The summed E-state index contributed by atoms with van der Waals surface area (Å²) in [5.74, 6) is 1.10. The molecule has 9 nitrogen and oxygen atoms in total. The lowest BCUT2D eigenvalue weighted by molar-refractivity contribution is -0.0288. The quantitative estimate of drug-likeness (QED) is 0.664. The highest BCUT2D eigenvalue weighted by molar-refractivity contribution is 6.37. The van der Waals surface area contributed by atoms with Crippen LogP contribution in [0, 0.1) is 5.92 Å². The SMILES string of the molecule is C=C1NC(=O)N(c2cc(Cl)c(Oc3cc(C45CC(C4)C5)c(=O)[nH]n3)c(Cl)c2)N=C1N. The molecule has 3 fully saturated rings. The van der Waals surface area contributed by atoms with E-state index in [2.05, 4.69) is 27.2 Å². The van der Waals surface area contributed by atoms with E-state index in [0.717, 1.165) is 30.2 Å². The van der Waals surface area contributed by atoms with Crippen LogP contribution in [0.2, 0.25) is 10.0 Å². The van der Waals surface area contributed by atoms with E-state index < -0.39 is 6.03 Å². The third-order valence-corrected chi connectivity index (χ3v) is 6.35. The number of amidine groups is 1. The standard InChI is InChI=1S/C19H16Cl2N6O3/c1-8-16(22)26-27(18(29)23-8)10-2-12(20)15(13(21)3-10)30-14-4-11(17(28)25-24-14)19-5-9(6-19)7-19/h2-4,9H,1,5-7H2,(H2,22,26)(H,23,29)(H,25,28). The van der Waals surface area contributed by atoms with Crippen LogP contribution in [-0.2, 0) is 5.41 Å². The summed E-state index contributed by atoms with van der Waals surface area (Å²) >= 11 is 12.7. The number of carbonyl (C=O) groups excluding carboxylic acids is 1. The maximum atomic E-state index is 12.2. The lowest BCUT2D eigenvalue weighted by Crippen LogP contribution is -2.57. The zero-order chi connectivity index (χ0) is 21.2. The number of nitrogens with one attached hydrogen (secondary N) is 2. The van der Waals surface area contributed by atoms with Crippen molar-refractivity contribution in [3.05, 3.63) is 56.4 Å². The molecule has 4 N–H and O–H groups in total. The first-order chi connectivity index (χ1) is 14.3. The minimum atomic E-state index is -0.555. The highest BCUT2D eigenvalue weighted by Gasteiger charge is 2.58. The lowest BCUT2D eigenvalue weighted by Gasteiger charge is -2.61. The molecule has 1 aromatic heterocycles. The van der Waals surface area contributed by atoms with E-state index in [9.17, 15) is 9.59 Å². The van der Waals surface area contributed by atoms with Crippen molar-refractivity contribution < 1.29 is 9.53 Å². The number of halogens is 2. The van der Waals surface area contributed by atoms with Crippen LogP contribution in [-0.4, -0.2) is 22.1 Å². The number of hydrogen-bond acceptors (Lipinski definition) is 6. The molecule has 2 amide bonds. The van der Waals surface area contributed by atoms with E-state index in [4.69, 9.17) is 33.7 Å². The molecule has 0 atom stereocenters. The van der Waals surface area contributed by atoms with Gasteiger partial charge in [-0.15, -0.1) is 10.2 Å². The van der Waals surface area contributed by atoms with Crippen LogP contribution in [0.15, 0.2) is 40.4 Å². The number of urea groups is 1. The molecular weight excluding hydrogens is 431 g/mol. The van der Waals surface area contributed by atoms with Crippen LogP contribution >= 0.6 is 23.2 Å². The molecule has 0 unspecified atom stereocenters. The number of carbonyl (C=O) groups is 1. The number of ether oxygens (including phenoxy) is 1. The number of hydrazone groups is 1. The number of nitrogens with two attached hydrogens (primary N) is 1. The van der Waals surface area contributed by atoms with Gasteiger partial charge in [0.25, 0.3) is 5.56 Å². The van der Waals surface area contributed by atoms with E-state index in [0.29, 0.717) is 5.56 Å². The number of H-pyrrole nitrogens is 1. The van der Waals surface area contributed by atoms with Crippen molar-refractivity contribution in [2.75, 3.05) is 5.01 Å². The Morgan fingerprint density at radius 1 is 1.20 bits per heavy atom. The lowest BCUT2D eigenvalue weighted by atomic mass is 9.42. The fourth-order valence-electron chi connectivity index (χ4n) is 4.15. The molecule has 4 aliphatic rings. The minimum absolute atomic E-state index is 0.0552. The number of aromatic nitrogens is 2. The zero-order valence-electron chi connectivity index (χ0n) is 15.5. The van der Waals surface area contributed by atoms with Gasteiger partial charge in [0.05, 0.1) is 21.4 Å². The summed E-state index contributed by atoms with van der Waals surface area (Å²) < 4.78 is 5.79. The number of aromatic amines is 1. The predicted octanol–water partition coefficient (Wildman–Crippen LogP) is 3.24. The fourth-order valence-corrected chi connectivity index (χ4v) is 4.70. The Kier molecular flexibility index (Phi) is 4.09. The first-order valence-corrected chi connectivity index (χ1v) is 9.93. The molecule has 2 bridgehead atoms. The second kappa shape index (κ2) is 6.48. The zero-order valence-corrected chi connectivity index (χ0v) is 17.0. The first-order valence-electron chi connectivity index (χ1n) is 9.17. The maximum Gasteiger partial charge on any atom is 0.347 e. The van der Waals surface area contributed by atoms with E-state index in [1.54, 1.807) is 6.07 Å². The smallest absolute Gasteiger partial charge is 0.347 e. The molecule has 6 rings (SSSR count). The average Bonchev–Trinajstić information content (AvgIpc) is 2.61. The summed E-state index contributed by atoms with van der Waals surface area (Å²) in [5, 5.41) is 14.2. The van der Waals surface area contributed by atoms with Crippen molar-refractivity contribution in [3.8, 4) is 11.6 Å². The van der Waals surface area contributed by atoms with E-state index in [-0.39, 0.29) is 49.9 Å². The molecule has 0 spiro atoms. The summed E-state index contributed by atoms with van der Waals surface area (Å²) in [6, 6.07) is 4.01. The Morgan fingerprint density at radius 2 is 1.87 bits per heavy atom. The molecule has 0 saturated heterocycles. The van der Waals surface area contributed by atoms with Gasteiger partial charge in [0.2, 0.25) is 5.88 Å².